The summed E-state index contributed by atoms with van der Waals surface area (Å²) < 4.78 is 6.06. The number of amides is 1. The summed E-state index contributed by atoms with van der Waals surface area (Å²) in [5, 5.41) is 4.46. The Balaban J connectivity index is 1.48. The number of aromatic amines is 1. The van der Waals surface area contributed by atoms with Crippen LogP contribution in [0.4, 0.5) is 0 Å². The lowest BCUT2D eigenvalue weighted by molar-refractivity contribution is -0.0246. The normalized spacial score (nSPS) is 23.4. The number of nitrogens with one attached hydrogen (secondary N) is 2. The van der Waals surface area contributed by atoms with Gasteiger partial charge in [-0.2, -0.15) is 0 Å². The van der Waals surface area contributed by atoms with Gasteiger partial charge in [-0.1, -0.05) is 49.1 Å². The summed E-state index contributed by atoms with van der Waals surface area (Å²) in [6.07, 6.45) is 6.91. The number of rotatable bonds is 2. The number of aromatic nitrogens is 1. The average molecular weight is 333 g/mol. The highest BCUT2D eigenvalue weighted by Gasteiger charge is 2.41. The van der Waals surface area contributed by atoms with E-state index in [2.05, 4.69) is 10.3 Å². The molecule has 2 aliphatic rings. The fourth-order valence-corrected chi connectivity index (χ4v) is 4.30. The summed E-state index contributed by atoms with van der Waals surface area (Å²) in [7, 11) is 0. The predicted octanol–water partition coefficient (Wildman–Crippen LogP) is 4.04. The van der Waals surface area contributed by atoms with Crippen LogP contribution < -0.4 is 5.32 Å². The van der Waals surface area contributed by atoms with E-state index < -0.39 is 0 Å². The van der Waals surface area contributed by atoms with Gasteiger partial charge in [0.25, 0.3) is 5.91 Å². The molecule has 1 amide bonds. The first-order valence-electron chi connectivity index (χ1n) is 8.38. The molecule has 5 heteroatoms. The van der Waals surface area contributed by atoms with Gasteiger partial charge in [0, 0.05) is 10.9 Å². The molecule has 1 aromatic carbocycles. The Labute approximate surface area is 140 Å². The lowest BCUT2D eigenvalue weighted by atomic mass is 9.82. The van der Waals surface area contributed by atoms with Crippen molar-refractivity contribution in [3.8, 4) is 0 Å². The SMILES string of the molecule is O=C(N[C@@H]1COC2(CCCCC2)C1)c1[nH]c2ccccc2c1Cl. The summed E-state index contributed by atoms with van der Waals surface area (Å²) in [6.45, 7) is 0.601. The fraction of sp³-hybridized carbons (Fsp3) is 0.500. The third-order valence-corrected chi connectivity index (χ3v) is 5.57. The van der Waals surface area contributed by atoms with Crippen molar-refractivity contribution in [3.63, 3.8) is 0 Å². The molecular formula is C18H21ClN2O2. The topological polar surface area (TPSA) is 54.1 Å². The van der Waals surface area contributed by atoms with Crippen LogP contribution in [0.15, 0.2) is 24.3 Å². The zero-order chi connectivity index (χ0) is 15.9. The van der Waals surface area contributed by atoms with Crippen molar-refractivity contribution >= 4 is 28.4 Å². The molecule has 1 spiro atoms. The highest BCUT2D eigenvalue weighted by Crippen LogP contribution is 2.39. The minimum Gasteiger partial charge on any atom is -0.373 e. The van der Waals surface area contributed by atoms with Crippen LogP contribution in [0.3, 0.4) is 0 Å². The quantitative estimate of drug-likeness (QED) is 0.872. The first-order valence-corrected chi connectivity index (χ1v) is 8.76. The third-order valence-electron chi connectivity index (χ3n) is 5.18. The van der Waals surface area contributed by atoms with Crippen molar-refractivity contribution in [3.05, 3.63) is 35.0 Å². The minimum absolute atomic E-state index is 0.000437. The monoisotopic (exact) mass is 332 g/mol. The molecule has 0 unspecified atom stereocenters. The van der Waals surface area contributed by atoms with Gasteiger partial charge < -0.3 is 15.0 Å². The minimum atomic E-state index is -0.146. The second-order valence-corrected chi connectivity index (χ2v) is 7.17. The molecule has 4 rings (SSSR count). The van der Waals surface area contributed by atoms with Crippen molar-refractivity contribution in [1.29, 1.82) is 0 Å². The first kappa shape index (κ1) is 15.0. The lowest BCUT2D eigenvalue weighted by Crippen LogP contribution is -2.37. The Morgan fingerprint density at radius 2 is 2.04 bits per heavy atom. The number of para-hydroxylation sites is 1. The van der Waals surface area contributed by atoms with Crippen molar-refractivity contribution in [2.45, 2.75) is 50.2 Å². The molecule has 0 bridgehead atoms. The van der Waals surface area contributed by atoms with E-state index in [1.54, 1.807) is 0 Å². The van der Waals surface area contributed by atoms with Crippen molar-refractivity contribution in [2.24, 2.45) is 0 Å². The summed E-state index contributed by atoms with van der Waals surface area (Å²) in [5.41, 5.74) is 1.33. The molecule has 2 N–H and O–H groups in total. The van der Waals surface area contributed by atoms with Gasteiger partial charge in [-0.15, -0.1) is 0 Å². The highest BCUT2D eigenvalue weighted by atomic mass is 35.5. The third kappa shape index (κ3) is 2.74. The van der Waals surface area contributed by atoms with Gasteiger partial charge in [-0.3, -0.25) is 4.79 Å². The van der Waals surface area contributed by atoms with E-state index in [-0.39, 0.29) is 17.6 Å². The predicted molar refractivity (Wildman–Crippen MR) is 90.9 cm³/mol. The Morgan fingerprint density at radius 1 is 1.26 bits per heavy atom. The zero-order valence-corrected chi connectivity index (χ0v) is 13.8. The second kappa shape index (κ2) is 5.84. The molecule has 1 atom stereocenters. The van der Waals surface area contributed by atoms with Gasteiger partial charge in [-0.05, 0) is 25.3 Å². The Kier molecular flexibility index (Phi) is 3.82. The van der Waals surface area contributed by atoms with E-state index in [0.717, 1.165) is 30.2 Å². The lowest BCUT2D eigenvalue weighted by Gasteiger charge is -2.32. The van der Waals surface area contributed by atoms with Crippen LogP contribution in [0.25, 0.3) is 10.9 Å². The number of hydrogen-bond donors (Lipinski definition) is 2. The Bertz CT molecular complexity index is 734. The molecule has 1 saturated carbocycles. The number of carbonyl (C=O) groups excluding carboxylic acids is 1. The summed E-state index contributed by atoms with van der Waals surface area (Å²) in [4.78, 5) is 15.7. The van der Waals surface area contributed by atoms with Crippen molar-refractivity contribution in [2.75, 3.05) is 6.61 Å². The smallest absolute Gasteiger partial charge is 0.269 e. The zero-order valence-electron chi connectivity index (χ0n) is 13.0. The van der Waals surface area contributed by atoms with Crippen molar-refractivity contribution in [1.82, 2.24) is 10.3 Å². The molecule has 23 heavy (non-hydrogen) atoms. The number of H-pyrrole nitrogens is 1. The van der Waals surface area contributed by atoms with Gasteiger partial charge in [0.15, 0.2) is 0 Å². The molecule has 122 valence electrons. The summed E-state index contributed by atoms with van der Waals surface area (Å²) in [5.74, 6) is -0.146. The molecule has 0 radical (unpaired) electrons. The van der Waals surface area contributed by atoms with Gasteiger partial charge in [-0.25, -0.2) is 0 Å². The number of ether oxygens (including phenoxy) is 1. The van der Waals surface area contributed by atoms with Crippen LogP contribution in [0.1, 0.15) is 49.0 Å². The average Bonchev–Trinajstić information content (AvgIpc) is 3.10. The van der Waals surface area contributed by atoms with E-state index >= 15 is 0 Å². The summed E-state index contributed by atoms with van der Waals surface area (Å²) in [6, 6.07) is 7.76. The molecule has 2 aromatic rings. The van der Waals surface area contributed by atoms with Crippen molar-refractivity contribution < 1.29 is 9.53 Å². The van der Waals surface area contributed by atoms with E-state index in [4.69, 9.17) is 16.3 Å². The number of benzene rings is 1. The molecule has 2 fully saturated rings. The molecule has 1 aromatic heterocycles. The van der Waals surface area contributed by atoms with Crippen LogP contribution in [-0.2, 0) is 4.74 Å². The Hall–Kier alpha value is -1.52. The summed E-state index contributed by atoms with van der Waals surface area (Å²) >= 11 is 6.36. The molecule has 2 heterocycles. The maximum atomic E-state index is 12.6. The molecule has 4 nitrogen and oxygen atoms in total. The molecule has 1 aliphatic heterocycles. The van der Waals surface area contributed by atoms with Crippen LogP contribution >= 0.6 is 11.6 Å². The molecular weight excluding hydrogens is 312 g/mol. The van der Waals surface area contributed by atoms with Crippen LogP contribution in [0.5, 0.6) is 0 Å². The Morgan fingerprint density at radius 3 is 2.83 bits per heavy atom. The molecule has 1 aliphatic carbocycles. The maximum absolute atomic E-state index is 12.6. The highest BCUT2D eigenvalue weighted by molar-refractivity contribution is 6.38. The van der Waals surface area contributed by atoms with Gasteiger partial charge in [0.1, 0.15) is 5.69 Å². The number of fused-ring (bicyclic) bond motifs is 1. The molecule has 1 saturated heterocycles. The number of hydrogen-bond acceptors (Lipinski definition) is 2. The van der Waals surface area contributed by atoms with Crippen LogP contribution in [0, 0.1) is 0 Å². The van der Waals surface area contributed by atoms with Gasteiger partial charge >= 0.3 is 0 Å². The fourth-order valence-electron chi connectivity index (χ4n) is 4.00. The second-order valence-electron chi connectivity index (χ2n) is 6.79. The van der Waals surface area contributed by atoms with E-state index in [1.165, 1.54) is 19.3 Å². The number of carbonyl (C=O) groups is 1. The van der Waals surface area contributed by atoms with Crippen LogP contribution in [-0.4, -0.2) is 29.1 Å². The van der Waals surface area contributed by atoms with E-state index in [0.29, 0.717) is 17.3 Å². The maximum Gasteiger partial charge on any atom is 0.269 e. The van der Waals surface area contributed by atoms with Crippen LogP contribution in [0.2, 0.25) is 5.02 Å². The van der Waals surface area contributed by atoms with Gasteiger partial charge in [0.05, 0.1) is 23.3 Å². The van der Waals surface area contributed by atoms with E-state index in [1.807, 2.05) is 24.3 Å². The largest absolute Gasteiger partial charge is 0.373 e. The number of halogens is 1. The standard InChI is InChI=1S/C18H21ClN2O2/c19-15-13-6-2-3-7-14(13)21-16(15)17(22)20-12-10-18(23-11-12)8-4-1-5-9-18/h2-3,6-7,12,21H,1,4-5,8-11H2,(H,20,22)/t12-/m0/s1. The first-order chi connectivity index (χ1) is 11.2. The van der Waals surface area contributed by atoms with Gasteiger partial charge in [0.2, 0.25) is 0 Å². The van der Waals surface area contributed by atoms with E-state index in [9.17, 15) is 4.79 Å².